The molecule has 0 saturated carbocycles. The molecule has 0 atom stereocenters. The highest BCUT2D eigenvalue weighted by atomic mass is 35.5. The summed E-state index contributed by atoms with van der Waals surface area (Å²) < 4.78 is 0. The molecule has 1 N–H and O–H groups in total. The van der Waals surface area contributed by atoms with Crippen molar-refractivity contribution in [1.82, 2.24) is 0 Å². The molecule has 2 nitrogen and oxygen atoms in total. The van der Waals surface area contributed by atoms with Gasteiger partial charge in [-0.2, -0.15) is 0 Å². The minimum Gasteiger partial charge on any atom is -0.362 e. The van der Waals surface area contributed by atoms with Gasteiger partial charge < -0.3 is 5.32 Å². The molecule has 0 unspecified atom stereocenters. The highest BCUT2D eigenvalue weighted by Crippen LogP contribution is 2.21. The lowest BCUT2D eigenvalue weighted by Crippen LogP contribution is -1.97. The van der Waals surface area contributed by atoms with Gasteiger partial charge in [-0.05, 0) is 42.3 Å². The number of benzene rings is 2. The Morgan fingerprint density at radius 1 is 1.14 bits per heavy atom. The van der Waals surface area contributed by atoms with E-state index in [-0.39, 0.29) is 5.78 Å². The molecule has 0 radical (unpaired) electrons. The van der Waals surface area contributed by atoms with Gasteiger partial charge >= 0.3 is 0 Å². The van der Waals surface area contributed by atoms with Crippen molar-refractivity contribution in [2.45, 2.75) is 13.3 Å². The highest BCUT2D eigenvalue weighted by Gasteiger charge is 2.07. The van der Waals surface area contributed by atoms with Gasteiger partial charge in [0.1, 0.15) is 0 Å². The van der Waals surface area contributed by atoms with Crippen LogP contribution in [0.25, 0.3) is 0 Å². The molecular formula is C17H15Cl2NO. The van der Waals surface area contributed by atoms with E-state index in [0.717, 1.165) is 12.1 Å². The minimum absolute atomic E-state index is 0.172. The number of carbonyl (C=O) groups is 1. The van der Waals surface area contributed by atoms with Gasteiger partial charge in [-0.1, -0.05) is 42.3 Å². The summed E-state index contributed by atoms with van der Waals surface area (Å²) in [6.45, 7) is 2.11. The number of hydrogen-bond acceptors (Lipinski definition) is 2. The second kappa shape index (κ2) is 7.30. The largest absolute Gasteiger partial charge is 0.362 e. The van der Waals surface area contributed by atoms with Crippen molar-refractivity contribution in [3.8, 4) is 0 Å². The standard InChI is InChI=1S/C17H15Cl2NO/c1-2-12-3-6-14(7-4-12)20-10-9-17(21)15-8-5-13(18)11-16(15)19/h3-11,20H,2H2,1H3/b10-9+. The van der Waals surface area contributed by atoms with Crippen LogP contribution in [0, 0.1) is 0 Å². The molecule has 0 fully saturated rings. The van der Waals surface area contributed by atoms with Crippen LogP contribution in [-0.2, 0) is 6.42 Å². The lowest BCUT2D eigenvalue weighted by molar-refractivity contribution is 0.104. The van der Waals surface area contributed by atoms with Crippen LogP contribution in [0.5, 0.6) is 0 Å². The van der Waals surface area contributed by atoms with Gasteiger partial charge in [-0.15, -0.1) is 0 Å². The minimum atomic E-state index is -0.172. The Morgan fingerprint density at radius 3 is 2.48 bits per heavy atom. The number of anilines is 1. The summed E-state index contributed by atoms with van der Waals surface area (Å²) in [5, 5.41) is 3.92. The summed E-state index contributed by atoms with van der Waals surface area (Å²) in [4.78, 5) is 12.0. The average Bonchev–Trinajstić information content (AvgIpc) is 2.47. The SMILES string of the molecule is CCc1ccc(N/C=C/C(=O)c2ccc(Cl)cc2Cl)cc1. The molecule has 2 aromatic carbocycles. The quantitative estimate of drug-likeness (QED) is 0.593. The Morgan fingerprint density at radius 2 is 1.86 bits per heavy atom. The third-order valence-electron chi connectivity index (χ3n) is 3.04. The number of carbonyl (C=O) groups excluding carboxylic acids is 1. The lowest BCUT2D eigenvalue weighted by atomic mass is 10.1. The second-order valence-electron chi connectivity index (χ2n) is 4.52. The van der Waals surface area contributed by atoms with E-state index in [2.05, 4.69) is 12.2 Å². The number of halogens is 2. The Kier molecular flexibility index (Phi) is 5.43. The first-order chi connectivity index (χ1) is 10.1. The number of ketones is 1. The topological polar surface area (TPSA) is 29.1 Å². The third-order valence-corrected chi connectivity index (χ3v) is 3.59. The van der Waals surface area contributed by atoms with Crippen LogP contribution in [0.4, 0.5) is 5.69 Å². The summed E-state index contributed by atoms with van der Waals surface area (Å²) in [6, 6.07) is 12.9. The second-order valence-corrected chi connectivity index (χ2v) is 5.36. The molecule has 0 bridgehead atoms. The number of rotatable bonds is 5. The first-order valence-electron chi connectivity index (χ1n) is 6.61. The Bertz CT molecular complexity index is 663. The van der Waals surface area contributed by atoms with Crippen molar-refractivity contribution in [2.75, 3.05) is 5.32 Å². The summed E-state index contributed by atoms with van der Waals surface area (Å²) in [5.41, 5.74) is 2.63. The molecule has 0 aliphatic heterocycles. The number of aryl methyl sites for hydroxylation is 1. The van der Waals surface area contributed by atoms with Crippen LogP contribution < -0.4 is 5.32 Å². The van der Waals surface area contributed by atoms with Gasteiger partial charge in [-0.3, -0.25) is 4.79 Å². The number of hydrogen-bond donors (Lipinski definition) is 1. The van der Waals surface area contributed by atoms with Crippen molar-refractivity contribution >= 4 is 34.7 Å². The first kappa shape index (κ1) is 15.6. The van der Waals surface area contributed by atoms with E-state index in [0.29, 0.717) is 15.6 Å². The predicted octanol–water partition coefficient (Wildman–Crippen LogP) is 5.36. The molecule has 2 aromatic rings. The third kappa shape index (κ3) is 4.35. The van der Waals surface area contributed by atoms with Crippen LogP contribution >= 0.6 is 23.2 Å². The van der Waals surface area contributed by atoms with E-state index in [4.69, 9.17) is 23.2 Å². The molecule has 0 aliphatic rings. The summed E-state index contributed by atoms with van der Waals surface area (Å²) in [7, 11) is 0. The van der Waals surface area contributed by atoms with Gasteiger partial charge in [0, 0.05) is 28.5 Å². The van der Waals surface area contributed by atoms with Gasteiger partial charge in [0.2, 0.25) is 0 Å². The van der Waals surface area contributed by atoms with E-state index < -0.39 is 0 Å². The molecule has 2 rings (SSSR count). The smallest absolute Gasteiger partial charge is 0.188 e. The Balaban J connectivity index is 2.01. The zero-order chi connectivity index (χ0) is 15.2. The van der Waals surface area contributed by atoms with Crippen LogP contribution in [0.1, 0.15) is 22.8 Å². The monoisotopic (exact) mass is 319 g/mol. The molecule has 0 aliphatic carbocycles. The molecule has 4 heteroatoms. The molecule has 21 heavy (non-hydrogen) atoms. The first-order valence-corrected chi connectivity index (χ1v) is 7.37. The van der Waals surface area contributed by atoms with Gasteiger partial charge in [0.05, 0.1) is 5.02 Å². The van der Waals surface area contributed by atoms with Crippen molar-refractivity contribution in [3.05, 3.63) is 75.9 Å². The van der Waals surface area contributed by atoms with E-state index >= 15 is 0 Å². The lowest BCUT2D eigenvalue weighted by Gasteiger charge is -2.03. The molecular weight excluding hydrogens is 305 g/mol. The highest BCUT2D eigenvalue weighted by molar-refractivity contribution is 6.37. The molecule has 0 aromatic heterocycles. The van der Waals surface area contributed by atoms with E-state index in [1.54, 1.807) is 24.4 Å². The fourth-order valence-corrected chi connectivity index (χ4v) is 2.33. The predicted molar refractivity (Wildman–Crippen MR) is 89.4 cm³/mol. The normalized spacial score (nSPS) is 10.8. The van der Waals surface area contributed by atoms with Crippen molar-refractivity contribution in [3.63, 3.8) is 0 Å². The molecule has 108 valence electrons. The zero-order valence-electron chi connectivity index (χ0n) is 11.6. The van der Waals surface area contributed by atoms with Crippen LogP contribution in [0.2, 0.25) is 10.0 Å². The van der Waals surface area contributed by atoms with Gasteiger partial charge in [0.25, 0.3) is 0 Å². The Hall–Kier alpha value is -1.77. The summed E-state index contributed by atoms with van der Waals surface area (Å²) in [5.74, 6) is -0.172. The van der Waals surface area contributed by atoms with E-state index in [1.165, 1.54) is 11.6 Å². The molecule has 0 spiro atoms. The van der Waals surface area contributed by atoms with Crippen LogP contribution in [0.3, 0.4) is 0 Å². The van der Waals surface area contributed by atoms with Crippen molar-refractivity contribution in [1.29, 1.82) is 0 Å². The van der Waals surface area contributed by atoms with E-state index in [9.17, 15) is 4.79 Å². The van der Waals surface area contributed by atoms with Crippen LogP contribution in [-0.4, -0.2) is 5.78 Å². The average molecular weight is 320 g/mol. The number of nitrogens with one attached hydrogen (secondary N) is 1. The maximum Gasteiger partial charge on any atom is 0.188 e. The number of allylic oxidation sites excluding steroid dienone is 1. The fourth-order valence-electron chi connectivity index (χ4n) is 1.83. The van der Waals surface area contributed by atoms with Crippen molar-refractivity contribution in [2.24, 2.45) is 0 Å². The maximum absolute atomic E-state index is 12.0. The Labute approximate surface area is 134 Å². The van der Waals surface area contributed by atoms with Crippen molar-refractivity contribution < 1.29 is 4.79 Å². The maximum atomic E-state index is 12.0. The zero-order valence-corrected chi connectivity index (χ0v) is 13.1. The fraction of sp³-hybridized carbons (Fsp3) is 0.118. The molecule has 0 amide bonds. The summed E-state index contributed by atoms with van der Waals surface area (Å²) in [6.07, 6.45) is 4.06. The van der Waals surface area contributed by atoms with Gasteiger partial charge in [0.15, 0.2) is 5.78 Å². The summed E-state index contributed by atoms with van der Waals surface area (Å²) >= 11 is 11.8. The molecule has 0 heterocycles. The van der Waals surface area contributed by atoms with Gasteiger partial charge in [-0.25, -0.2) is 0 Å². The van der Waals surface area contributed by atoms with E-state index in [1.807, 2.05) is 24.3 Å². The molecule has 0 saturated heterocycles. The van der Waals surface area contributed by atoms with Crippen LogP contribution in [0.15, 0.2) is 54.7 Å².